The smallest absolute Gasteiger partial charge is 0.274 e. The topological polar surface area (TPSA) is 72.9 Å². The van der Waals surface area contributed by atoms with E-state index in [-0.39, 0.29) is 18.4 Å². The molecule has 128 valence electrons. The minimum absolute atomic E-state index is 0.0918. The molecule has 25 heavy (non-hydrogen) atoms. The SMILES string of the molecule is O=C1c2cccc([C@H]3CO[S@](=O)O3)c2C(=O)N1CCc1ccccc1. The Bertz CT molecular complexity index is 867. The minimum Gasteiger partial charge on any atom is -0.274 e. The molecule has 4 rings (SSSR count). The maximum atomic E-state index is 12.8. The summed E-state index contributed by atoms with van der Waals surface area (Å²) >= 11 is -1.82. The first-order valence-electron chi connectivity index (χ1n) is 7.90. The van der Waals surface area contributed by atoms with Crippen molar-refractivity contribution >= 4 is 23.2 Å². The molecule has 2 aromatic carbocycles. The van der Waals surface area contributed by atoms with E-state index in [1.165, 1.54) is 4.90 Å². The van der Waals surface area contributed by atoms with E-state index < -0.39 is 17.5 Å². The number of carbonyl (C=O) groups excluding carboxylic acids is 2. The average molecular weight is 357 g/mol. The predicted molar refractivity (Wildman–Crippen MR) is 89.9 cm³/mol. The zero-order chi connectivity index (χ0) is 17.4. The summed E-state index contributed by atoms with van der Waals surface area (Å²) in [5.41, 5.74) is 2.29. The highest BCUT2D eigenvalue weighted by Crippen LogP contribution is 2.34. The molecule has 0 radical (unpaired) electrons. The van der Waals surface area contributed by atoms with Crippen LogP contribution < -0.4 is 0 Å². The van der Waals surface area contributed by atoms with Gasteiger partial charge in [0.05, 0.1) is 17.7 Å². The van der Waals surface area contributed by atoms with Gasteiger partial charge in [-0.3, -0.25) is 22.9 Å². The third kappa shape index (κ3) is 2.90. The van der Waals surface area contributed by atoms with Gasteiger partial charge in [-0.05, 0) is 23.6 Å². The van der Waals surface area contributed by atoms with Crippen LogP contribution in [-0.2, 0) is 26.1 Å². The highest BCUT2D eigenvalue weighted by atomic mass is 32.2. The third-order valence-corrected chi connectivity index (χ3v) is 5.07. The van der Waals surface area contributed by atoms with Gasteiger partial charge < -0.3 is 0 Å². The molecule has 0 spiro atoms. The summed E-state index contributed by atoms with van der Waals surface area (Å²) in [7, 11) is 0. The Hall–Kier alpha value is -2.35. The normalized spacial score (nSPS) is 22.5. The zero-order valence-electron chi connectivity index (χ0n) is 13.2. The molecule has 7 heteroatoms. The second-order valence-corrected chi connectivity index (χ2v) is 6.68. The van der Waals surface area contributed by atoms with Crippen LogP contribution in [0.15, 0.2) is 48.5 Å². The molecule has 0 unspecified atom stereocenters. The molecule has 1 fully saturated rings. The monoisotopic (exact) mass is 357 g/mol. The first-order valence-corrected chi connectivity index (χ1v) is 8.90. The zero-order valence-corrected chi connectivity index (χ0v) is 14.0. The Labute approximate surface area is 147 Å². The Kier molecular flexibility index (Phi) is 4.20. The number of imide groups is 1. The second-order valence-electron chi connectivity index (χ2n) is 5.84. The molecule has 2 amide bonds. The fraction of sp³-hybridized carbons (Fsp3) is 0.222. The van der Waals surface area contributed by atoms with Gasteiger partial charge in [0.2, 0.25) is 0 Å². The minimum atomic E-state index is -1.82. The van der Waals surface area contributed by atoms with Gasteiger partial charge in [-0.1, -0.05) is 42.5 Å². The van der Waals surface area contributed by atoms with E-state index in [0.29, 0.717) is 29.7 Å². The van der Waals surface area contributed by atoms with Crippen LogP contribution in [0.3, 0.4) is 0 Å². The molecule has 6 nitrogen and oxygen atoms in total. The summed E-state index contributed by atoms with van der Waals surface area (Å²) in [6.45, 7) is 0.401. The summed E-state index contributed by atoms with van der Waals surface area (Å²) < 4.78 is 21.4. The van der Waals surface area contributed by atoms with E-state index in [0.717, 1.165) is 5.56 Å². The first kappa shape index (κ1) is 16.1. The number of hydrogen-bond acceptors (Lipinski definition) is 5. The van der Waals surface area contributed by atoms with Crippen molar-refractivity contribution in [3.63, 3.8) is 0 Å². The lowest BCUT2D eigenvalue weighted by Gasteiger charge is -2.14. The lowest BCUT2D eigenvalue weighted by Crippen LogP contribution is -2.32. The second kappa shape index (κ2) is 6.51. The summed E-state index contributed by atoms with van der Waals surface area (Å²) in [5, 5.41) is 0. The van der Waals surface area contributed by atoms with Crippen molar-refractivity contribution in [2.24, 2.45) is 0 Å². The highest BCUT2D eigenvalue weighted by Gasteiger charge is 2.40. The number of nitrogens with zero attached hydrogens (tertiary/aromatic N) is 1. The molecule has 0 N–H and O–H groups in total. The van der Waals surface area contributed by atoms with Crippen LogP contribution >= 0.6 is 0 Å². The molecule has 1 saturated heterocycles. The van der Waals surface area contributed by atoms with Crippen molar-refractivity contribution in [3.8, 4) is 0 Å². The standard InChI is InChI=1S/C18H15NO5S/c20-17-14-8-4-7-13(15-11-23-25(22)24-15)16(14)18(21)19(17)10-9-12-5-2-1-3-6-12/h1-8,15H,9-11H2/t15-,25+/m1/s1. The van der Waals surface area contributed by atoms with Crippen LogP contribution in [0.25, 0.3) is 0 Å². The quantitative estimate of drug-likeness (QED) is 0.785. The van der Waals surface area contributed by atoms with Gasteiger partial charge in [-0.25, -0.2) is 0 Å². The van der Waals surface area contributed by atoms with E-state index in [9.17, 15) is 13.8 Å². The Balaban J connectivity index is 1.60. The van der Waals surface area contributed by atoms with Crippen LogP contribution in [0.4, 0.5) is 0 Å². The summed E-state index contributed by atoms with van der Waals surface area (Å²) in [4.78, 5) is 26.7. The van der Waals surface area contributed by atoms with E-state index in [1.807, 2.05) is 30.3 Å². The van der Waals surface area contributed by atoms with Crippen molar-refractivity contribution in [2.45, 2.75) is 12.5 Å². The molecule has 0 aliphatic carbocycles. The van der Waals surface area contributed by atoms with E-state index in [2.05, 4.69) is 0 Å². The largest absolute Gasteiger partial charge is 0.305 e. The fourth-order valence-electron chi connectivity index (χ4n) is 3.13. The van der Waals surface area contributed by atoms with Gasteiger partial charge in [0, 0.05) is 6.54 Å². The molecule has 2 atom stereocenters. The van der Waals surface area contributed by atoms with Gasteiger partial charge in [0.25, 0.3) is 11.8 Å². The Morgan fingerprint density at radius 2 is 1.84 bits per heavy atom. The predicted octanol–water partition coefficient (Wildman–Crippen LogP) is 2.19. The Morgan fingerprint density at radius 3 is 2.56 bits per heavy atom. The van der Waals surface area contributed by atoms with Crippen molar-refractivity contribution < 1.29 is 22.2 Å². The van der Waals surface area contributed by atoms with Gasteiger partial charge in [-0.2, -0.15) is 4.21 Å². The average Bonchev–Trinajstić information content (AvgIpc) is 3.17. The molecular weight excluding hydrogens is 342 g/mol. The third-order valence-electron chi connectivity index (χ3n) is 4.36. The van der Waals surface area contributed by atoms with Crippen molar-refractivity contribution in [1.29, 1.82) is 0 Å². The molecule has 0 bridgehead atoms. The van der Waals surface area contributed by atoms with Crippen molar-refractivity contribution in [1.82, 2.24) is 4.90 Å². The number of amides is 2. The highest BCUT2D eigenvalue weighted by molar-refractivity contribution is 7.75. The van der Waals surface area contributed by atoms with Crippen molar-refractivity contribution in [2.75, 3.05) is 13.2 Å². The molecule has 2 aliphatic heterocycles. The van der Waals surface area contributed by atoms with E-state index in [1.54, 1.807) is 18.2 Å². The van der Waals surface area contributed by atoms with Gasteiger partial charge in [0.15, 0.2) is 0 Å². The molecule has 2 heterocycles. The lowest BCUT2D eigenvalue weighted by atomic mass is 9.99. The van der Waals surface area contributed by atoms with Crippen LogP contribution in [0.1, 0.15) is 37.9 Å². The number of hydrogen-bond donors (Lipinski definition) is 0. The summed E-state index contributed by atoms with van der Waals surface area (Å²) in [6.07, 6.45) is -0.0177. The molecule has 2 aliphatic rings. The number of rotatable bonds is 4. The van der Waals surface area contributed by atoms with Gasteiger partial charge in [-0.15, -0.1) is 0 Å². The lowest BCUT2D eigenvalue weighted by molar-refractivity contribution is 0.0654. The number of fused-ring (bicyclic) bond motifs is 1. The maximum Gasteiger partial charge on any atom is 0.305 e. The number of benzene rings is 2. The summed E-state index contributed by atoms with van der Waals surface area (Å²) in [5.74, 6) is -0.648. The van der Waals surface area contributed by atoms with Gasteiger partial charge >= 0.3 is 11.4 Å². The fourth-order valence-corrected chi connectivity index (χ4v) is 3.77. The van der Waals surface area contributed by atoms with Crippen LogP contribution in [0.2, 0.25) is 0 Å². The van der Waals surface area contributed by atoms with Crippen molar-refractivity contribution in [3.05, 3.63) is 70.8 Å². The maximum absolute atomic E-state index is 12.8. The molecule has 2 aromatic rings. The van der Waals surface area contributed by atoms with Crippen LogP contribution in [0, 0.1) is 0 Å². The Morgan fingerprint density at radius 1 is 1.04 bits per heavy atom. The molecule has 0 saturated carbocycles. The van der Waals surface area contributed by atoms with Gasteiger partial charge in [0.1, 0.15) is 6.10 Å². The number of carbonyl (C=O) groups is 2. The molecule has 0 aromatic heterocycles. The van der Waals surface area contributed by atoms with E-state index >= 15 is 0 Å². The molecular formula is C18H15NO5S. The summed E-state index contributed by atoms with van der Waals surface area (Å²) in [6, 6.07) is 14.7. The van der Waals surface area contributed by atoms with Crippen LogP contribution in [0.5, 0.6) is 0 Å². The van der Waals surface area contributed by atoms with E-state index in [4.69, 9.17) is 8.37 Å². The van der Waals surface area contributed by atoms with Crippen LogP contribution in [-0.4, -0.2) is 34.1 Å². The first-order chi connectivity index (χ1) is 12.1.